The van der Waals surface area contributed by atoms with Crippen molar-refractivity contribution in [3.8, 4) is 0 Å². The van der Waals surface area contributed by atoms with Crippen molar-refractivity contribution in [3.63, 3.8) is 0 Å². The van der Waals surface area contributed by atoms with Gasteiger partial charge in [0.2, 0.25) is 0 Å². The van der Waals surface area contributed by atoms with E-state index in [0.717, 1.165) is 22.3 Å². The zero-order valence-corrected chi connectivity index (χ0v) is 26.4. The van der Waals surface area contributed by atoms with E-state index in [-0.39, 0.29) is 12.4 Å². The standard InChI is InChI=1S/C38H41BO6/c1-5-19-33(28-34(40)43-6-2)39-44-35(37(41-3,29-20-11-7-12-21-29)30-22-13-8-14-23-30)36(45-39)38(42-4,31-24-15-9-16-25-31)32-26-17-10-18-27-32/h5,7-27,33,35-36H,6,28H2,1-4H3/b19-5+/t33-,35-,36-/m1/s1. The highest BCUT2D eigenvalue weighted by Gasteiger charge is 2.62. The minimum absolute atomic E-state index is 0.0929. The Hall–Kier alpha value is -4.01. The fourth-order valence-corrected chi connectivity index (χ4v) is 6.64. The lowest BCUT2D eigenvalue weighted by atomic mass is 9.69. The molecule has 7 heteroatoms. The second kappa shape index (κ2) is 14.9. The maximum absolute atomic E-state index is 12.8. The lowest BCUT2D eigenvalue weighted by molar-refractivity contribution is -0.143. The lowest BCUT2D eigenvalue weighted by Gasteiger charge is -2.47. The highest BCUT2D eigenvalue weighted by atomic mass is 16.7. The lowest BCUT2D eigenvalue weighted by Crippen LogP contribution is -2.56. The van der Waals surface area contributed by atoms with Crippen LogP contribution in [0.3, 0.4) is 0 Å². The summed E-state index contributed by atoms with van der Waals surface area (Å²) in [5.74, 6) is -0.746. The monoisotopic (exact) mass is 604 g/mol. The Morgan fingerprint density at radius 2 is 1.07 bits per heavy atom. The topological polar surface area (TPSA) is 63.2 Å². The molecule has 0 aliphatic carbocycles. The molecular formula is C38H41BO6. The van der Waals surface area contributed by atoms with Gasteiger partial charge in [0.25, 0.3) is 0 Å². The smallest absolute Gasteiger partial charge is 0.465 e. The largest absolute Gasteiger partial charge is 0.466 e. The van der Waals surface area contributed by atoms with Crippen molar-refractivity contribution < 1.29 is 28.3 Å². The number of hydrogen-bond donors (Lipinski definition) is 0. The van der Waals surface area contributed by atoms with Crippen LogP contribution in [0.2, 0.25) is 5.82 Å². The van der Waals surface area contributed by atoms with E-state index < -0.39 is 36.3 Å². The summed E-state index contributed by atoms with van der Waals surface area (Å²) >= 11 is 0. The predicted molar refractivity (Wildman–Crippen MR) is 177 cm³/mol. The second-order valence-corrected chi connectivity index (χ2v) is 11.0. The van der Waals surface area contributed by atoms with Gasteiger partial charge in [-0.25, -0.2) is 0 Å². The van der Waals surface area contributed by atoms with Gasteiger partial charge in [-0.2, -0.15) is 0 Å². The molecule has 4 aromatic rings. The van der Waals surface area contributed by atoms with Gasteiger partial charge in [0.1, 0.15) is 23.4 Å². The van der Waals surface area contributed by atoms with E-state index in [1.165, 1.54) is 0 Å². The quantitative estimate of drug-likeness (QED) is 0.0905. The molecule has 4 aromatic carbocycles. The first-order valence-electron chi connectivity index (χ1n) is 15.5. The SMILES string of the molecule is C/C=C/[C@H](CC(=O)OCC)B1O[C@@H](C(OC)(c2ccccc2)c2ccccc2)[C@H](C(OC)(c2ccccc2)c2ccccc2)O1. The van der Waals surface area contributed by atoms with Crippen LogP contribution in [0.25, 0.3) is 0 Å². The number of allylic oxidation sites excluding steroid dienone is 2. The van der Waals surface area contributed by atoms with Crippen molar-refractivity contribution in [1.29, 1.82) is 0 Å². The Morgan fingerprint density at radius 1 is 0.711 bits per heavy atom. The van der Waals surface area contributed by atoms with Gasteiger partial charge < -0.3 is 23.5 Å². The first kappa shape index (κ1) is 32.4. The van der Waals surface area contributed by atoms with Crippen molar-refractivity contribution in [2.24, 2.45) is 0 Å². The molecule has 0 aromatic heterocycles. The van der Waals surface area contributed by atoms with Crippen LogP contribution in [-0.4, -0.2) is 46.1 Å². The first-order chi connectivity index (χ1) is 22.0. The molecule has 1 aliphatic heterocycles. The summed E-state index contributed by atoms with van der Waals surface area (Å²) in [4.78, 5) is 12.8. The van der Waals surface area contributed by atoms with Gasteiger partial charge in [0.05, 0.1) is 13.0 Å². The Kier molecular flexibility index (Phi) is 10.7. The maximum Gasteiger partial charge on any atom is 0.465 e. The van der Waals surface area contributed by atoms with Crippen LogP contribution in [0.4, 0.5) is 0 Å². The summed E-state index contributed by atoms with van der Waals surface area (Å²) in [5.41, 5.74) is 1.35. The van der Waals surface area contributed by atoms with Crippen LogP contribution in [-0.2, 0) is 39.5 Å². The van der Waals surface area contributed by atoms with Crippen molar-refractivity contribution in [2.45, 2.75) is 49.5 Å². The molecule has 1 fully saturated rings. The summed E-state index contributed by atoms with van der Waals surface area (Å²) in [6, 6.07) is 40.3. The molecule has 45 heavy (non-hydrogen) atoms. The summed E-state index contributed by atoms with van der Waals surface area (Å²) < 4.78 is 32.9. The van der Waals surface area contributed by atoms with E-state index in [4.69, 9.17) is 23.5 Å². The van der Waals surface area contributed by atoms with Crippen molar-refractivity contribution >= 4 is 13.1 Å². The highest BCUT2D eigenvalue weighted by molar-refractivity contribution is 6.48. The third-order valence-corrected chi connectivity index (χ3v) is 8.59. The fraction of sp³-hybridized carbons (Fsp3) is 0.289. The summed E-state index contributed by atoms with van der Waals surface area (Å²) in [6.45, 7) is 4.02. The molecule has 1 heterocycles. The molecule has 0 bridgehead atoms. The molecule has 232 valence electrons. The molecule has 0 radical (unpaired) electrons. The van der Waals surface area contributed by atoms with E-state index >= 15 is 0 Å². The van der Waals surface area contributed by atoms with Gasteiger partial charge in [-0.1, -0.05) is 133 Å². The Balaban J connectivity index is 1.79. The highest BCUT2D eigenvalue weighted by Crippen LogP contribution is 2.51. The fourth-order valence-electron chi connectivity index (χ4n) is 6.64. The van der Waals surface area contributed by atoms with Crippen LogP contribution in [0, 0.1) is 0 Å². The second-order valence-electron chi connectivity index (χ2n) is 11.0. The van der Waals surface area contributed by atoms with Crippen LogP contribution in [0.15, 0.2) is 133 Å². The number of carbonyl (C=O) groups is 1. The summed E-state index contributed by atoms with van der Waals surface area (Å²) in [6.07, 6.45) is 2.46. The van der Waals surface area contributed by atoms with Crippen molar-refractivity contribution in [2.75, 3.05) is 20.8 Å². The molecular weight excluding hydrogens is 563 g/mol. The Morgan fingerprint density at radius 3 is 1.36 bits per heavy atom. The van der Waals surface area contributed by atoms with E-state index in [1.807, 2.05) is 140 Å². The first-order valence-corrected chi connectivity index (χ1v) is 15.5. The minimum Gasteiger partial charge on any atom is -0.466 e. The van der Waals surface area contributed by atoms with Crippen molar-refractivity contribution in [3.05, 3.63) is 156 Å². The molecule has 0 unspecified atom stereocenters. The molecule has 0 saturated carbocycles. The zero-order chi connectivity index (χ0) is 31.7. The molecule has 1 saturated heterocycles. The van der Waals surface area contributed by atoms with Crippen LogP contribution in [0.5, 0.6) is 0 Å². The zero-order valence-electron chi connectivity index (χ0n) is 26.4. The van der Waals surface area contributed by atoms with Crippen LogP contribution >= 0.6 is 0 Å². The van der Waals surface area contributed by atoms with E-state index in [2.05, 4.69) is 0 Å². The molecule has 1 aliphatic rings. The van der Waals surface area contributed by atoms with Gasteiger partial charge in [-0.3, -0.25) is 4.79 Å². The van der Waals surface area contributed by atoms with E-state index in [0.29, 0.717) is 6.61 Å². The summed E-state index contributed by atoms with van der Waals surface area (Å²) in [5, 5.41) is 0. The van der Waals surface area contributed by atoms with Crippen LogP contribution < -0.4 is 0 Å². The van der Waals surface area contributed by atoms with E-state index in [9.17, 15) is 4.79 Å². The van der Waals surface area contributed by atoms with E-state index in [1.54, 1.807) is 21.1 Å². The number of hydrogen-bond acceptors (Lipinski definition) is 6. The summed E-state index contributed by atoms with van der Waals surface area (Å²) in [7, 11) is 2.59. The third kappa shape index (κ3) is 6.27. The average molecular weight is 605 g/mol. The average Bonchev–Trinajstić information content (AvgIpc) is 3.54. The van der Waals surface area contributed by atoms with Gasteiger partial charge in [0, 0.05) is 20.0 Å². The molecule has 6 nitrogen and oxygen atoms in total. The number of ether oxygens (including phenoxy) is 3. The maximum atomic E-state index is 12.8. The molecule has 3 atom stereocenters. The Labute approximate surface area is 267 Å². The molecule has 0 spiro atoms. The molecule has 0 N–H and O–H groups in total. The molecule has 5 rings (SSSR count). The molecule has 0 amide bonds. The van der Waals surface area contributed by atoms with Crippen LogP contribution in [0.1, 0.15) is 42.5 Å². The third-order valence-electron chi connectivity index (χ3n) is 8.59. The normalized spacial score (nSPS) is 17.8. The number of esters is 1. The number of rotatable bonds is 13. The minimum atomic E-state index is -1.13. The van der Waals surface area contributed by atoms with Crippen molar-refractivity contribution in [1.82, 2.24) is 0 Å². The number of methoxy groups -OCH3 is 2. The predicted octanol–water partition coefficient (Wildman–Crippen LogP) is 7.34. The Bertz CT molecular complexity index is 1340. The van der Waals surface area contributed by atoms with Gasteiger partial charge in [-0.05, 0) is 36.1 Å². The van der Waals surface area contributed by atoms with Gasteiger partial charge in [-0.15, -0.1) is 0 Å². The van der Waals surface area contributed by atoms with Gasteiger partial charge >= 0.3 is 13.1 Å². The van der Waals surface area contributed by atoms with Gasteiger partial charge in [0.15, 0.2) is 0 Å². The number of benzene rings is 4. The number of carbonyl (C=O) groups excluding carboxylic acids is 1.